The van der Waals surface area contributed by atoms with Gasteiger partial charge in [0.1, 0.15) is 16.9 Å². The van der Waals surface area contributed by atoms with Gasteiger partial charge in [-0.3, -0.25) is 14.9 Å². The number of amides is 1. The van der Waals surface area contributed by atoms with Gasteiger partial charge >= 0.3 is 0 Å². The van der Waals surface area contributed by atoms with Crippen molar-refractivity contribution >= 4 is 45.0 Å². The van der Waals surface area contributed by atoms with Crippen molar-refractivity contribution in [3.05, 3.63) is 66.2 Å². The molecular weight excluding hydrogens is 477 g/mol. The van der Waals surface area contributed by atoms with Gasteiger partial charge in [0.05, 0.1) is 28.8 Å². The minimum Gasteiger partial charge on any atom is -0.338 e. The first-order chi connectivity index (χ1) is 17.5. The molecule has 1 amide bonds. The first kappa shape index (κ1) is 22.1. The fraction of sp³-hybridized carbons (Fsp3) is 0.115. The second kappa shape index (κ2) is 8.65. The maximum Gasteiger partial charge on any atom is 0.226 e. The van der Waals surface area contributed by atoms with E-state index in [1.165, 1.54) is 6.07 Å². The first-order valence-electron chi connectivity index (χ1n) is 11.3. The average molecular weight is 498 g/mol. The molecule has 6 heterocycles. The third-order valence-electron chi connectivity index (χ3n) is 5.86. The summed E-state index contributed by atoms with van der Waals surface area (Å²) in [4.78, 5) is 29.8. The van der Waals surface area contributed by atoms with Gasteiger partial charge in [-0.05, 0) is 42.5 Å². The second-order valence-corrected chi connectivity index (χ2v) is 9.71. The highest BCUT2D eigenvalue weighted by Gasteiger charge is 2.17. The highest BCUT2D eigenvalue weighted by atomic mass is 32.1. The zero-order valence-corrected chi connectivity index (χ0v) is 20.2. The molecule has 0 aliphatic heterocycles. The average Bonchev–Trinajstić information content (AvgIpc) is 3.61. The van der Waals surface area contributed by atoms with Crippen molar-refractivity contribution in [3.63, 3.8) is 0 Å². The summed E-state index contributed by atoms with van der Waals surface area (Å²) in [6.45, 7) is 3.67. The lowest BCUT2D eigenvalue weighted by Gasteiger charge is -2.08. The number of aromatic nitrogens is 6. The van der Waals surface area contributed by atoms with Gasteiger partial charge in [-0.25, -0.2) is 9.97 Å². The highest BCUT2D eigenvalue weighted by Crippen LogP contribution is 2.35. The van der Waals surface area contributed by atoms with Gasteiger partial charge in [-0.2, -0.15) is 9.49 Å². The molecule has 0 fully saturated rings. The van der Waals surface area contributed by atoms with E-state index >= 15 is 0 Å². The van der Waals surface area contributed by atoms with Crippen LogP contribution in [0.1, 0.15) is 13.8 Å². The van der Waals surface area contributed by atoms with Crippen LogP contribution in [-0.2, 0) is 4.79 Å². The lowest BCUT2D eigenvalue weighted by molar-refractivity contribution is -0.118. The molecule has 0 aromatic carbocycles. The standard InChI is InChI=1S/C26H20FN7OS/c1-13(2)26(35)30-15-9-14(11-28-12-15)18-3-4-19-23(31-18)24(34-33-19)20-10-17-16(7-8-29-25(17)32-20)21-5-6-22(27)36-21/h3-13H,1-2H3,(H,29,32)(H,30,35)(H,33,34). The number of pyridine rings is 3. The van der Waals surface area contributed by atoms with E-state index in [1.807, 2.05) is 44.2 Å². The number of fused-ring (bicyclic) bond motifs is 2. The second-order valence-electron chi connectivity index (χ2n) is 8.68. The van der Waals surface area contributed by atoms with Crippen molar-refractivity contribution in [1.82, 2.24) is 30.1 Å². The largest absolute Gasteiger partial charge is 0.338 e. The number of nitrogens with zero attached hydrogens (tertiary/aromatic N) is 4. The first-order valence-corrected chi connectivity index (χ1v) is 12.1. The number of halogens is 1. The third kappa shape index (κ3) is 3.91. The van der Waals surface area contributed by atoms with Crippen LogP contribution in [0.2, 0.25) is 0 Å². The molecule has 0 spiro atoms. The normalized spacial score (nSPS) is 11.6. The molecular formula is C26H20FN7OS. The lowest BCUT2D eigenvalue weighted by atomic mass is 10.1. The Morgan fingerprint density at radius 1 is 1.11 bits per heavy atom. The van der Waals surface area contributed by atoms with Crippen molar-refractivity contribution in [2.24, 2.45) is 5.92 Å². The van der Waals surface area contributed by atoms with Crippen LogP contribution >= 0.6 is 11.3 Å². The molecule has 10 heteroatoms. The molecule has 36 heavy (non-hydrogen) atoms. The molecule has 0 radical (unpaired) electrons. The van der Waals surface area contributed by atoms with E-state index in [4.69, 9.17) is 4.98 Å². The maximum absolute atomic E-state index is 13.7. The monoisotopic (exact) mass is 497 g/mol. The number of hydrogen-bond acceptors (Lipinski definition) is 6. The van der Waals surface area contributed by atoms with E-state index in [1.54, 1.807) is 24.7 Å². The van der Waals surface area contributed by atoms with Crippen LogP contribution in [0.25, 0.3) is 55.2 Å². The Hall–Kier alpha value is -4.44. The van der Waals surface area contributed by atoms with Crippen molar-refractivity contribution in [1.29, 1.82) is 0 Å². The topological polar surface area (TPSA) is 112 Å². The predicted molar refractivity (Wildman–Crippen MR) is 139 cm³/mol. The fourth-order valence-electron chi connectivity index (χ4n) is 4.01. The molecule has 0 saturated heterocycles. The molecule has 3 N–H and O–H groups in total. The summed E-state index contributed by atoms with van der Waals surface area (Å²) in [6, 6.07) is 12.7. The molecule has 0 saturated carbocycles. The summed E-state index contributed by atoms with van der Waals surface area (Å²) < 4.78 is 13.7. The van der Waals surface area contributed by atoms with E-state index in [0.29, 0.717) is 28.2 Å². The lowest BCUT2D eigenvalue weighted by Crippen LogP contribution is -2.17. The number of thiophene rings is 1. The molecule has 0 atom stereocenters. The molecule has 0 bridgehead atoms. The summed E-state index contributed by atoms with van der Waals surface area (Å²) in [7, 11) is 0. The number of carbonyl (C=O) groups excluding carboxylic acids is 1. The zero-order valence-electron chi connectivity index (χ0n) is 19.3. The minimum absolute atomic E-state index is 0.0773. The zero-order chi connectivity index (χ0) is 24.8. The van der Waals surface area contributed by atoms with Crippen LogP contribution in [0.3, 0.4) is 0 Å². The number of anilines is 1. The fourth-order valence-corrected chi connectivity index (χ4v) is 4.78. The summed E-state index contributed by atoms with van der Waals surface area (Å²) in [6.07, 6.45) is 5.02. The predicted octanol–water partition coefficient (Wildman–Crippen LogP) is 6.03. The molecule has 6 aromatic rings. The summed E-state index contributed by atoms with van der Waals surface area (Å²) in [5.74, 6) is -0.215. The van der Waals surface area contributed by atoms with E-state index < -0.39 is 0 Å². The van der Waals surface area contributed by atoms with Crippen LogP contribution in [0.5, 0.6) is 0 Å². The molecule has 0 unspecified atom stereocenters. The maximum atomic E-state index is 13.7. The van der Waals surface area contributed by atoms with Crippen LogP contribution in [0.4, 0.5) is 10.1 Å². The minimum atomic E-state index is -0.233. The van der Waals surface area contributed by atoms with E-state index in [0.717, 1.165) is 43.9 Å². The van der Waals surface area contributed by atoms with Crippen LogP contribution in [-0.4, -0.2) is 36.0 Å². The molecule has 178 valence electrons. The molecule has 8 nitrogen and oxygen atoms in total. The van der Waals surface area contributed by atoms with E-state index in [-0.39, 0.29) is 17.0 Å². The van der Waals surface area contributed by atoms with Crippen molar-refractivity contribution in [3.8, 4) is 33.1 Å². The Bertz CT molecular complexity index is 1750. The van der Waals surface area contributed by atoms with Crippen molar-refractivity contribution < 1.29 is 9.18 Å². The van der Waals surface area contributed by atoms with Gasteiger partial charge in [0.2, 0.25) is 5.91 Å². The van der Waals surface area contributed by atoms with Crippen molar-refractivity contribution in [2.45, 2.75) is 13.8 Å². The number of aromatic amines is 2. The van der Waals surface area contributed by atoms with Gasteiger partial charge in [-0.1, -0.05) is 13.8 Å². The Labute approximate surface area is 208 Å². The summed E-state index contributed by atoms with van der Waals surface area (Å²) in [5.41, 5.74) is 6.50. The summed E-state index contributed by atoms with van der Waals surface area (Å²) >= 11 is 1.10. The Kier molecular flexibility index (Phi) is 5.30. The third-order valence-corrected chi connectivity index (χ3v) is 6.77. The van der Waals surface area contributed by atoms with Crippen LogP contribution in [0.15, 0.2) is 61.1 Å². The van der Waals surface area contributed by atoms with Gasteiger partial charge in [0.15, 0.2) is 5.13 Å². The number of nitrogens with one attached hydrogen (secondary N) is 3. The Morgan fingerprint density at radius 2 is 2.00 bits per heavy atom. The number of hydrogen-bond donors (Lipinski definition) is 3. The molecule has 6 aromatic heterocycles. The molecule has 6 rings (SSSR count). The Balaban J connectivity index is 1.41. The smallest absolute Gasteiger partial charge is 0.226 e. The van der Waals surface area contributed by atoms with Gasteiger partial charge in [-0.15, -0.1) is 11.3 Å². The number of H-pyrrole nitrogens is 2. The SMILES string of the molecule is CC(C)C(=O)Nc1cncc(-c2ccc3[nH]nc(-c4cc5c(-c6ccc(F)s6)ccnc5[nH]4)c3n2)c1. The van der Waals surface area contributed by atoms with Gasteiger partial charge in [0.25, 0.3) is 0 Å². The Morgan fingerprint density at radius 3 is 2.81 bits per heavy atom. The van der Waals surface area contributed by atoms with E-state index in [2.05, 4.69) is 30.5 Å². The quantitative estimate of drug-likeness (QED) is 0.269. The van der Waals surface area contributed by atoms with Crippen LogP contribution in [0, 0.1) is 11.0 Å². The number of rotatable bonds is 5. The van der Waals surface area contributed by atoms with Crippen LogP contribution < -0.4 is 5.32 Å². The van der Waals surface area contributed by atoms with Gasteiger partial charge < -0.3 is 10.3 Å². The van der Waals surface area contributed by atoms with Crippen molar-refractivity contribution in [2.75, 3.05) is 5.32 Å². The van der Waals surface area contributed by atoms with E-state index in [9.17, 15) is 9.18 Å². The van der Waals surface area contributed by atoms with Gasteiger partial charge in [0, 0.05) is 39.7 Å². The molecule has 0 aliphatic carbocycles. The molecule has 0 aliphatic rings. The summed E-state index contributed by atoms with van der Waals surface area (Å²) in [5, 5.41) is 11.1. The number of carbonyl (C=O) groups is 1. The highest BCUT2D eigenvalue weighted by molar-refractivity contribution is 7.14.